The number of benzene rings is 1. The summed E-state index contributed by atoms with van der Waals surface area (Å²) in [6.45, 7) is 5.43. The summed E-state index contributed by atoms with van der Waals surface area (Å²) in [6.07, 6.45) is 1.48. The molecule has 2 heterocycles. The summed E-state index contributed by atoms with van der Waals surface area (Å²) in [6, 6.07) is 7.08. The number of allylic oxidation sites excluding steroid dienone is 1. The molecule has 1 aromatic heterocycles. The molecule has 7 nitrogen and oxygen atoms in total. The number of nitrogens with zero attached hydrogens (tertiary/aromatic N) is 1. The van der Waals surface area contributed by atoms with Crippen LogP contribution in [0.3, 0.4) is 0 Å². The quantitative estimate of drug-likeness (QED) is 0.377. The Labute approximate surface area is 156 Å². The molecule has 0 saturated carbocycles. The number of hydrogen-bond acceptors (Lipinski definition) is 6. The van der Waals surface area contributed by atoms with E-state index in [0.717, 1.165) is 0 Å². The third kappa shape index (κ3) is 3.42. The lowest BCUT2D eigenvalue weighted by Crippen LogP contribution is -2.08. The molecule has 7 heteroatoms. The van der Waals surface area contributed by atoms with Crippen molar-refractivity contribution in [1.29, 1.82) is 5.26 Å². The molecule has 1 aliphatic rings. The van der Waals surface area contributed by atoms with Crippen LogP contribution in [-0.2, 0) is 4.74 Å². The molecule has 0 fully saturated rings. The second-order valence-electron chi connectivity index (χ2n) is 5.96. The number of esters is 1. The summed E-state index contributed by atoms with van der Waals surface area (Å²) in [5, 5.41) is 9.47. The Bertz CT molecular complexity index is 995. The SMILES string of the molecule is CCOC(=O)c1c(C)[nH]c(C(=O)/C(C#N)=C\c2ccc3c(c2)OCO3)c1C. The molecule has 2 aromatic rings. The maximum atomic E-state index is 12.9. The van der Waals surface area contributed by atoms with Gasteiger partial charge in [-0.25, -0.2) is 4.79 Å². The van der Waals surface area contributed by atoms with Crippen molar-refractivity contribution in [1.82, 2.24) is 4.98 Å². The number of rotatable bonds is 5. The highest BCUT2D eigenvalue weighted by Gasteiger charge is 2.25. The van der Waals surface area contributed by atoms with Gasteiger partial charge in [0.05, 0.1) is 17.9 Å². The van der Waals surface area contributed by atoms with E-state index in [1.54, 1.807) is 39.0 Å². The first-order valence-electron chi connectivity index (χ1n) is 8.38. The molecule has 3 rings (SSSR count). The summed E-state index contributed by atoms with van der Waals surface area (Å²) in [5.74, 6) is 0.184. The Kier molecular flexibility index (Phi) is 4.99. The van der Waals surface area contributed by atoms with Gasteiger partial charge in [0.1, 0.15) is 11.6 Å². The molecule has 1 aromatic carbocycles. The number of ketones is 1. The van der Waals surface area contributed by atoms with Gasteiger partial charge in [-0.05, 0) is 50.1 Å². The molecule has 0 spiro atoms. The summed E-state index contributed by atoms with van der Waals surface area (Å²) < 4.78 is 15.6. The molecule has 0 saturated heterocycles. The van der Waals surface area contributed by atoms with Gasteiger partial charge in [-0.3, -0.25) is 4.79 Å². The van der Waals surface area contributed by atoms with Crippen molar-refractivity contribution in [2.45, 2.75) is 20.8 Å². The third-order valence-electron chi connectivity index (χ3n) is 4.22. The maximum absolute atomic E-state index is 12.9. The van der Waals surface area contributed by atoms with Crippen LogP contribution >= 0.6 is 0 Å². The summed E-state index contributed by atoms with van der Waals surface area (Å²) in [5.41, 5.74) is 2.08. The van der Waals surface area contributed by atoms with Crippen LogP contribution in [0.2, 0.25) is 0 Å². The molecule has 0 bridgehead atoms. The smallest absolute Gasteiger partial charge is 0.340 e. The number of nitriles is 1. The second kappa shape index (κ2) is 7.38. The van der Waals surface area contributed by atoms with E-state index >= 15 is 0 Å². The number of H-pyrrole nitrogens is 1. The first-order chi connectivity index (χ1) is 13.0. The summed E-state index contributed by atoms with van der Waals surface area (Å²) in [4.78, 5) is 27.9. The lowest BCUT2D eigenvalue weighted by Gasteiger charge is -2.03. The van der Waals surface area contributed by atoms with E-state index in [-0.39, 0.29) is 24.7 Å². The average Bonchev–Trinajstić information content (AvgIpc) is 3.22. The number of Topliss-reactive ketones (excluding diaryl/α,β-unsaturated/α-hetero) is 1. The minimum absolute atomic E-state index is 0.0615. The van der Waals surface area contributed by atoms with Crippen molar-refractivity contribution in [3.05, 3.63) is 51.9 Å². The van der Waals surface area contributed by atoms with Crippen LogP contribution in [0.5, 0.6) is 11.5 Å². The molecule has 0 amide bonds. The van der Waals surface area contributed by atoms with E-state index < -0.39 is 11.8 Å². The van der Waals surface area contributed by atoms with Crippen molar-refractivity contribution in [2.24, 2.45) is 0 Å². The lowest BCUT2D eigenvalue weighted by atomic mass is 10.0. The topological polar surface area (TPSA) is 101 Å². The van der Waals surface area contributed by atoms with Crippen LogP contribution in [0, 0.1) is 25.2 Å². The van der Waals surface area contributed by atoms with Crippen LogP contribution in [0.1, 0.15) is 44.6 Å². The molecule has 0 radical (unpaired) electrons. The molecule has 138 valence electrons. The van der Waals surface area contributed by atoms with Crippen LogP contribution in [-0.4, -0.2) is 30.1 Å². The van der Waals surface area contributed by atoms with Gasteiger partial charge in [0.25, 0.3) is 0 Å². The van der Waals surface area contributed by atoms with Gasteiger partial charge in [0, 0.05) is 5.69 Å². The van der Waals surface area contributed by atoms with Crippen molar-refractivity contribution in [3.8, 4) is 17.6 Å². The maximum Gasteiger partial charge on any atom is 0.340 e. The Morgan fingerprint density at radius 1 is 1.30 bits per heavy atom. The van der Waals surface area contributed by atoms with Crippen LogP contribution in [0.4, 0.5) is 0 Å². The van der Waals surface area contributed by atoms with Crippen LogP contribution in [0.25, 0.3) is 6.08 Å². The van der Waals surface area contributed by atoms with Gasteiger partial charge >= 0.3 is 5.97 Å². The van der Waals surface area contributed by atoms with E-state index in [9.17, 15) is 14.9 Å². The van der Waals surface area contributed by atoms with Crippen LogP contribution < -0.4 is 9.47 Å². The molecule has 0 unspecified atom stereocenters. The Balaban J connectivity index is 1.95. The van der Waals surface area contributed by atoms with Gasteiger partial charge in [0.2, 0.25) is 12.6 Å². The molecule has 0 atom stereocenters. The Morgan fingerprint density at radius 3 is 2.74 bits per heavy atom. The van der Waals surface area contributed by atoms with E-state index in [0.29, 0.717) is 33.9 Å². The normalized spacial score (nSPS) is 12.6. The standard InChI is InChI=1S/C20H18N2O5/c1-4-25-20(24)17-11(2)18(22-12(17)3)19(23)14(9-21)7-13-5-6-15-16(8-13)27-10-26-15/h5-8,22H,4,10H2,1-3H3/b14-7-. The van der Waals surface area contributed by atoms with Crippen molar-refractivity contribution in [2.75, 3.05) is 13.4 Å². The molecule has 27 heavy (non-hydrogen) atoms. The van der Waals surface area contributed by atoms with E-state index in [2.05, 4.69) is 4.98 Å². The molecular formula is C20H18N2O5. The number of aryl methyl sites for hydroxylation is 1. The van der Waals surface area contributed by atoms with E-state index in [4.69, 9.17) is 14.2 Å². The first-order valence-corrected chi connectivity index (χ1v) is 8.38. The fourth-order valence-corrected chi connectivity index (χ4v) is 2.94. The number of nitrogens with one attached hydrogen (secondary N) is 1. The van der Waals surface area contributed by atoms with E-state index in [1.807, 2.05) is 6.07 Å². The molecule has 0 aliphatic carbocycles. The second-order valence-corrected chi connectivity index (χ2v) is 5.96. The highest BCUT2D eigenvalue weighted by atomic mass is 16.7. The number of aromatic amines is 1. The minimum atomic E-state index is -0.499. The molecular weight excluding hydrogens is 348 g/mol. The summed E-state index contributed by atoms with van der Waals surface area (Å²) in [7, 11) is 0. The zero-order valence-electron chi connectivity index (χ0n) is 15.2. The number of fused-ring (bicyclic) bond motifs is 1. The van der Waals surface area contributed by atoms with E-state index in [1.165, 1.54) is 6.08 Å². The minimum Gasteiger partial charge on any atom is -0.462 e. The number of carbonyl (C=O) groups is 2. The van der Waals surface area contributed by atoms with Gasteiger partial charge in [-0.15, -0.1) is 0 Å². The number of carbonyl (C=O) groups excluding carboxylic acids is 2. The lowest BCUT2D eigenvalue weighted by molar-refractivity contribution is 0.0525. The average molecular weight is 366 g/mol. The van der Waals surface area contributed by atoms with Crippen molar-refractivity contribution in [3.63, 3.8) is 0 Å². The van der Waals surface area contributed by atoms with Gasteiger partial charge in [-0.2, -0.15) is 5.26 Å². The number of hydrogen-bond donors (Lipinski definition) is 1. The molecule has 1 N–H and O–H groups in total. The summed E-state index contributed by atoms with van der Waals surface area (Å²) >= 11 is 0. The van der Waals surface area contributed by atoms with Gasteiger partial charge < -0.3 is 19.2 Å². The van der Waals surface area contributed by atoms with Gasteiger partial charge in [-0.1, -0.05) is 6.07 Å². The zero-order chi connectivity index (χ0) is 19.6. The Hall–Kier alpha value is -3.53. The van der Waals surface area contributed by atoms with Crippen LogP contribution in [0.15, 0.2) is 23.8 Å². The fourth-order valence-electron chi connectivity index (χ4n) is 2.94. The number of aromatic nitrogens is 1. The van der Waals surface area contributed by atoms with Crippen molar-refractivity contribution >= 4 is 17.8 Å². The highest BCUT2D eigenvalue weighted by Crippen LogP contribution is 2.33. The Morgan fingerprint density at radius 2 is 2.04 bits per heavy atom. The predicted molar refractivity (Wildman–Crippen MR) is 96.7 cm³/mol. The largest absolute Gasteiger partial charge is 0.462 e. The highest BCUT2D eigenvalue weighted by molar-refractivity contribution is 6.15. The van der Waals surface area contributed by atoms with Gasteiger partial charge in [0.15, 0.2) is 11.5 Å². The molecule has 1 aliphatic heterocycles. The fraction of sp³-hybridized carbons (Fsp3) is 0.250. The monoisotopic (exact) mass is 366 g/mol. The third-order valence-corrected chi connectivity index (χ3v) is 4.22. The first kappa shape index (κ1) is 18.3. The van der Waals surface area contributed by atoms with Crippen molar-refractivity contribution < 1.29 is 23.8 Å². The zero-order valence-corrected chi connectivity index (χ0v) is 15.2. The predicted octanol–water partition coefficient (Wildman–Crippen LogP) is 3.33. The number of ether oxygens (including phenoxy) is 3.